The minimum Gasteiger partial charge on any atom is -0.363 e. The first-order chi connectivity index (χ1) is 11.8. The molecule has 1 spiro atoms. The Kier molecular flexibility index (Phi) is 5.36. The van der Waals surface area contributed by atoms with Gasteiger partial charge in [-0.25, -0.2) is 0 Å². The van der Waals surface area contributed by atoms with Crippen LogP contribution < -0.4 is 0 Å². The first-order valence-corrected chi connectivity index (χ1v) is 9.64. The largest absolute Gasteiger partial charge is 0.363 e. The molecule has 1 saturated heterocycles. The summed E-state index contributed by atoms with van der Waals surface area (Å²) in [5, 5.41) is 0. The summed E-state index contributed by atoms with van der Waals surface area (Å²) in [6.45, 7) is 5.89. The fourth-order valence-electron chi connectivity index (χ4n) is 3.59. The van der Waals surface area contributed by atoms with Crippen molar-refractivity contribution in [1.82, 2.24) is 4.90 Å². The van der Waals surface area contributed by atoms with Crippen LogP contribution in [0, 0.1) is 0 Å². The van der Waals surface area contributed by atoms with Crippen LogP contribution in [-0.2, 0) is 16.3 Å². The van der Waals surface area contributed by atoms with Gasteiger partial charge in [-0.15, -0.1) is 11.3 Å². The number of hydrogen-bond donors (Lipinski definition) is 0. The van der Waals surface area contributed by atoms with E-state index in [9.17, 15) is 8.78 Å². The molecule has 0 unspecified atom stereocenters. The van der Waals surface area contributed by atoms with Gasteiger partial charge >= 0.3 is 0 Å². The van der Waals surface area contributed by atoms with E-state index in [1.54, 1.807) is 7.05 Å². The van der Waals surface area contributed by atoms with Gasteiger partial charge in [-0.1, -0.05) is 17.7 Å². The number of piperidine rings is 1. The van der Waals surface area contributed by atoms with E-state index in [2.05, 4.69) is 16.0 Å². The summed E-state index contributed by atoms with van der Waals surface area (Å²) in [5.41, 5.74) is 1.68. The topological polar surface area (TPSA) is 24.8 Å². The Morgan fingerprint density at radius 1 is 1.44 bits per heavy atom. The van der Waals surface area contributed by atoms with Gasteiger partial charge in [0.05, 0.1) is 4.34 Å². The number of fused-ring (bicyclic) bond motifs is 2. The molecule has 3 nitrogen and oxygen atoms in total. The molecule has 0 atom stereocenters. The molecule has 0 saturated carbocycles. The molecule has 3 rings (SSSR count). The highest BCUT2D eigenvalue weighted by atomic mass is 35.5. The first-order valence-electron chi connectivity index (χ1n) is 8.45. The predicted molar refractivity (Wildman–Crippen MR) is 99.3 cm³/mol. The van der Waals surface area contributed by atoms with Crippen LogP contribution in [-0.4, -0.2) is 43.9 Å². The molecule has 2 aliphatic heterocycles. The van der Waals surface area contributed by atoms with Crippen molar-refractivity contribution in [3.05, 3.63) is 32.5 Å². The van der Waals surface area contributed by atoms with Crippen LogP contribution in [0.3, 0.4) is 0 Å². The second kappa shape index (κ2) is 7.06. The van der Waals surface area contributed by atoms with Gasteiger partial charge in [-0.3, -0.25) is 9.89 Å². The number of allylic oxidation sites excluding steroid dienone is 1. The Hall–Kier alpha value is -0.820. The minimum absolute atomic E-state index is 0.0605. The molecule has 0 bridgehead atoms. The van der Waals surface area contributed by atoms with Gasteiger partial charge in [-0.05, 0) is 38.3 Å². The van der Waals surface area contributed by atoms with Crippen molar-refractivity contribution in [3.8, 4) is 0 Å². The molecule has 2 aliphatic rings. The van der Waals surface area contributed by atoms with E-state index in [0.29, 0.717) is 22.1 Å². The van der Waals surface area contributed by atoms with Gasteiger partial charge in [0.15, 0.2) is 0 Å². The molecule has 1 aromatic heterocycles. The number of halogens is 3. The zero-order valence-corrected chi connectivity index (χ0v) is 16.3. The summed E-state index contributed by atoms with van der Waals surface area (Å²) < 4.78 is 34.5. The van der Waals surface area contributed by atoms with Crippen LogP contribution in [0.15, 0.2) is 22.7 Å². The fraction of sp³-hybridized carbons (Fsp3) is 0.611. The lowest BCUT2D eigenvalue weighted by Crippen LogP contribution is -2.49. The van der Waals surface area contributed by atoms with Crippen molar-refractivity contribution < 1.29 is 13.5 Å². The molecule has 25 heavy (non-hydrogen) atoms. The van der Waals surface area contributed by atoms with Gasteiger partial charge in [0.1, 0.15) is 12.2 Å². The smallest absolute Gasteiger partial charge is 0.297 e. The van der Waals surface area contributed by atoms with E-state index < -0.39 is 18.1 Å². The van der Waals surface area contributed by atoms with Gasteiger partial charge in [0.25, 0.3) is 5.92 Å². The lowest BCUT2D eigenvalue weighted by molar-refractivity contribution is -0.181. The zero-order chi connectivity index (χ0) is 18.2. The lowest BCUT2D eigenvalue weighted by Gasteiger charge is -2.45. The molecule has 0 N–H and O–H groups in total. The Morgan fingerprint density at radius 2 is 2.12 bits per heavy atom. The quantitative estimate of drug-likeness (QED) is 0.691. The molecule has 7 heteroatoms. The van der Waals surface area contributed by atoms with E-state index in [1.165, 1.54) is 23.0 Å². The SMILES string of the molecule is C/C=C(/CN1CCC2(CC1)OCC(F)(F)c1cc(Cl)sc12)C(C)=NC. The molecular formula is C18H23ClF2N2OS. The van der Waals surface area contributed by atoms with Crippen LogP contribution in [0.2, 0.25) is 4.34 Å². The number of likely N-dealkylation sites (tertiary alicyclic amines) is 1. The highest BCUT2D eigenvalue weighted by molar-refractivity contribution is 7.16. The third-order valence-corrected chi connectivity index (χ3v) is 6.70. The van der Waals surface area contributed by atoms with E-state index in [-0.39, 0.29) is 5.56 Å². The summed E-state index contributed by atoms with van der Waals surface area (Å²) in [7, 11) is 1.79. The number of nitrogens with zero attached hydrogens (tertiary/aromatic N) is 2. The number of ether oxygens (including phenoxy) is 1. The van der Waals surface area contributed by atoms with Crippen LogP contribution in [0.25, 0.3) is 0 Å². The number of alkyl halides is 2. The Labute approximate surface area is 156 Å². The monoisotopic (exact) mass is 388 g/mol. The molecule has 0 amide bonds. The van der Waals surface area contributed by atoms with Crippen molar-refractivity contribution in [2.45, 2.75) is 38.2 Å². The minimum atomic E-state index is -2.95. The molecule has 138 valence electrons. The summed E-state index contributed by atoms with van der Waals surface area (Å²) in [5.74, 6) is -2.95. The van der Waals surface area contributed by atoms with Crippen molar-refractivity contribution in [2.75, 3.05) is 33.3 Å². The van der Waals surface area contributed by atoms with Crippen molar-refractivity contribution in [2.24, 2.45) is 4.99 Å². The molecule has 0 radical (unpaired) electrons. The maximum atomic E-state index is 14.2. The maximum absolute atomic E-state index is 14.2. The van der Waals surface area contributed by atoms with E-state index in [1.807, 2.05) is 13.8 Å². The van der Waals surface area contributed by atoms with Gasteiger partial charge < -0.3 is 4.74 Å². The molecule has 1 aromatic rings. The highest BCUT2D eigenvalue weighted by Crippen LogP contribution is 2.52. The summed E-state index contributed by atoms with van der Waals surface area (Å²) in [6, 6.07) is 1.41. The van der Waals surface area contributed by atoms with E-state index in [4.69, 9.17) is 16.3 Å². The molecule has 0 aliphatic carbocycles. The molecule has 0 aromatic carbocycles. The summed E-state index contributed by atoms with van der Waals surface area (Å²) >= 11 is 7.28. The Bertz CT molecular complexity index is 706. The van der Waals surface area contributed by atoms with Crippen molar-refractivity contribution in [3.63, 3.8) is 0 Å². The molecule has 3 heterocycles. The molecular weight excluding hydrogens is 366 g/mol. The maximum Gasteiger partial charge on any atom is 0.297 e. The average molecular weight is 389 g/mol. The van der Waals surface area contributed by atoms with Crippen LogP contribution in [0.1, 0.15) is 37.1 Å². The van der Waals surface area contributed by atoms with Gasteiger partial charge in [-0.2, -0.15) is 8.78 Å². The van der Waals surface area contributed by atoms with Crippen LogP contribution in [0.4, 0.5) is 8.78 Å². The number of aliphatic imine (C=N–C) groups is 1. The second-order valence-corrected chi connectivity index (χ2v) is 8.36. The predicted octanol–water partition coefficient (Wildman–Crippen LogP) is 4.85. The second-order valence-electron chi connectivity index (χ2n) is 6.68. The third kappa shape index (κ3) is 3.54. The average Bonchev–Trinajstić information content (AvgIpc) is 3.01. The van der Waals surface area contributed by atoms with Gasteiger partial charge in [0, 0.05) is 42.8 Å². The zero-order valence-electron chi connectivity index (χ0n) is 14.7. The number of hydrogen-bond acceptors (Lipinski definition) is 4. The van der Waals surface area contributed by atoms with Crippen LogP contribution >= 0.6 is 22.9 Å². The Morgan fingerprint density at radius 3 is 2.72 bits per heavy atom. The number of thiophene rings is 1. The first kappa shape index (κ1) is 19.0. The van der Waals surface area contributed by atoms with Crippen molar-refractivity contribution >= 4 is 28.6 Å². The fourth-order valence-corrected chi connectivity index (χ4v) is 5.07. The standard InChI is InChI=1S/C18H23ClF2N2OS/c1-4-13(12(2)22-3)10-23-7-5-17(6-8-23)16-14(9-15(19)25-16)18(20,21)11-24-17/h4,9H,5-8,10-11H2,1-3H3/b13-4-,22-12?. The summed E-state index contributed by atoms with van der Waals surface area (Å²) in [6.07, 6.45) is 3.49. The highest BCUT2D eigenvalue weighted by Gasteiger charge is 2.51. The normalized spacial score (nSPS) is 23.8. The third-order valence-electron chi connectivity index (χ3n) is 5.25. The Balaban J connectivity index is 1.76. The van der Waals surface area contributed by atoms with Crippen LogP contribution in [0.5, 0.6) is 0 Å². The number of rotatable bonds is 3. The van der Waals surface area contributed by atoms with E-state index >= 15 is 0 Å². The van der Waals surface area contributed by atoms with Crippen molar-refractivity contribution in [1.29, 1.82) is 0 Å². The molecule has 1 fully saturated rings. The summed E-state index contributed by atoms with van der Waals surface area (Å²) in [4.78, 5) is 7.21. The lowest BCUT2D eigenvalue weighted by atomic mass is 9.84. The van der Waals surface area contributed by atoms with E-state index in [0.717, 1.165) is 25.3 Å². The van der Waals surface area contributed by atoms with Gasteiger partial charge in [0.2, 0.25) is 0 Å².